The summed E-state index contributed by atoms with van der Waals surface area (Å²) in [7, 11) is 16.8. The van der Waals surface area contributed by atoms with Crippen LogP contribution in [-0.4, -0.2) is 199 Å². The summed E-state index contributed by atoms with van der Waals surface area (Å²) >= 11 is 1.71. The third-order valence-corrected chi connectivity index (χ3v) is 24.1. The van der Waals surface area contributed by atoms with Gasteiger partial charge in [-0.3, -0.25) is 42.7 Å². The van der Waals surface area contributed by atoms with Crippen molar-refractivity contribution >= 4 is 95.3 Å². The van der Waals surface area contributed by atoms with Crippen molar-refractivity contribution in [1.29, 1.82) is 0 Å². The summed E-state index contributed by atoms with van der Waals surface area (Å²) in [5.74, 6) is 3.41. The first kappa shape index (κ1) is 81.3. The smallest absolute Gasteiger partial charge is 0.269 e. The van der Waals surface area contributed by atoms with E-state index in [1.807, 2.05) is 159 Å². The number of methoxy groups -OCH3 is 1. The van der Waals surface area contributed by atoms with Gasteiger partial charge >= 0.3 is 0 Å². The van der Waals surface area contributed by atoms with E-state index in [9.17, 15) is 24.0 Å². The van der Waals surface area contributed by atoms with Crippen LogP contribution < -0.4 is 34.9 Å². The number of carbonyl (C=O) groups is 5. The highest BCUT2D eigenvalue weighted by Crippen LogP contribution is 2.39. The Morgan fingerprint density at radius 1 is 0.508 bits per heavy atom. The molecule has 0 bridgehead atoms. The first-order valence-electron chi connectivity index (χ1n) is 40.4. The number of Topliss-reactive ketones (excluding diaryl/α,β-unsaturated/α-hetero) is 1. The minimum Gasteiger partial charge on any atom is -0.474 e. The molecule has 1 aliphatic carbocycles. The number of nitrogens with one attached hydrogen (secondary N) is 3. The predicted octanol–water partition coefficient (Wildman–Crippen LogP) is 11.4. The maximum Gasteiger partial charge on any atom is 0.269 e. The number of aryl methyl sites for hydroxylation is 6. The Labute approximate surface area is 688 Å². The molecule has 1 saturated carbocycles. The minimum atomic E-state index is -0.180. The summed E-state index contributed by atoms with van der Waals surface area (Å²) in [5.41, 5.74) is 14.0. The first-order chi connectivity index (χ1) is 56.7. The maximum absolute atomic E-state index is 12.6. The van der Waals surface area contributed by atoms with E-state index in [0.717, 1.165) is 138 Å². The molecule has 616 valence electrons. The van der Waals surface area contributed by atoms with Crippen LogP contribution in [-0.2, 0) is 78.5 Å². The zero-order valence-electron chi connectivity index (χ0n) is 69.4. The lowest BCUT2D eigenvalue weighted by Gasteiger charge is -2.20. The molecule has 18 rings (SSSR count). The topological polar surface area (TPSA) is 307 Å². The number of hydrogen-bond donors (Lipinski definition) is 3. The number of aromatic nitrogens is 14. The third-order valence-electron chi connectivity index (χ3n) is 23.1. The van der Waals surface area contributed by atoms with Crippen LogP contribution in [0.15, 0.2) is 122 Å². The number of hydrogen-bond acceptors (Lipinski definition) is 20. The number of thiophene rings is 1. The molecule has 3 saturated heterocycles. The second kappa shape index (κ2) is 34.7. The highest BCUT2D eigenvalue weighted by molar-refractivity contribution is 7.15. The van der Waals surface area contributed by atoms with Crippen molar-refractivity contribution in [3.05, 3.63) is 144 Å². The van der Waals surface area contributed by atoms with Crippen LogP contribution in [0.25, 0.3) is 98.9 Å². The Hall–Kier alpha value is -11.9. The van der Waals surface area contributed by atoms with E-state index >= 15 is 0 Å². The molecule has 3 N–H and O–H groups in total. The molecule has 11 aromatic heterocycles. The van der Waals surface area contributed by atoms with Gasteiger partial charge in [-0.15, -0.1) is 11.3 Å². The molecule has 4 fully saturated rings. The molecule has 118 heavy (non-hydrogen) atoms. The van der Waals surface area contributed by atoms with Crippen LogP contribution in [0, 0.1) is 30.6 Å². The molecule has 4 amide bonds. The van der Waals surface area contributed by atoms with Crippen LogP contribution in [0.2, 0.25) is 0 Å². The molecule has 4 aliphatic heterocycles. The van der Waals surface area contributed by atoms with Gasteiger partial charge in [0.15, 0.2) is 0 Å². The molecule has 2 aromatic carbocycles. The zero-order chi connectivity index (χ0) is 82.9. The normalized spacial score (nSPS) is 18.4. The number of ether oxygens (including phenoxy) is 5. The number of benzene rings is 2. The van der Waals surface area contributed by atoms with Crippen LogP contribution in [0.4, 0.5) is 0 Å². The Morgan fingerprint density at radius 3 is 1.40 bits per heavy atom. The van der Waals surface area contributed by atoms with Crippen LogP contribution in [0.1, 0.15) is 92.7 Å². The second-order valence-corrected chi connectivity index (χ2v) is 33.5. The Kier molecular flexibility index (Phi) is 23.9. The van der Waals surface area contributed by atoms with Gasteiger partial charge in [0.25, 0.3) is 5.91 Å². The zero-order valence-corrected chi connectivity index (χ0v) is 70.2. The molecule has 8 atom stereocenters. The van der Waals surface area contributed by atoms with Gasteiger partial charge in [0, 0.05) is 221 Å². The summed E-state index contributed by atoms with van der Waals surface area (Å²) in [4.78, 5) is 84.6. The lowest BCUT2D eigenvalue weighted by atomic mass is 9.98. The molecule has 13 aromatic rings. The molecule has 0 spiro atoms. The van der Waals surface area contributed by atoms with E-state index in [2.05, 4.69) is 90.1 Å². The fourth-order valence-electron chi connectivity index (χ4n) is 16.0. The van der Waals surface area contributed by atoms with E-state index < -0.39 is 0 Å². The van der Waals surface area contributed by atoms with Crippen molar-refractivity contribution < 1.29 is 47.7 Å². The number of nitrogens with zero attached hydrogens (tertiary/aromatic N) is 16. The minimum absolute atomic E-state index is 0.0392. The number of ketones is 1. The second-order valence-electron chi connectivity index (χ2n) is 32.2. The number of amides is 4. The van der Waals surface area contributed by atoms with Crippen molar-refractivity contribution in [3.63, 3.8) is 0 Å². The van der Waals surface area contributed by atoms with Crippen molar-refractivity contribution in [2.75, 3.05) is 67.6 Å². The van der Waals surface area contributed by atoms with Crippen molar-refractivity contribution in [2.24, 2.45) is 58.9 Å². The Bertz CT molecular complexity index is 5930. The van der Waals surface area contributed by atoms with Gasteiger partial charge < -0.3 is 58.6 Å². The van der Waals surface area contributed by atoms with Gasteiger partial charge in [-0.05, 0) is 133 Å². The molecule has 0 unspecified atom stereocenters. The number of fused-ring (bicyclic) bond motifs is 6. The largest absolute Gasteiger partial charge is 0.474 e. The van der Waals surface area contributed by atoms with Crippen molar-refractivity contribution in [2.45, 2.75) is 117 Å². The highest BCUT2D eigenvalue weighted by Gasteiger charge is 2.34. The average Bonchev–Trinajstić information content (AvgIpc) is 1.61. The van der Waals surface area contributed by atoms with Crippen LogP contribution >= 0.6 is 11.3 Å². The number of carbonyl (C=O) groups excluding carboxylic acids is 5. The van der Waals surface area contributed by atoms with Gasteiger partial charge in [0.05, 0.1) is 77.9 Å². The van der Waals surface area contributed by atoms with Crippen molar-refractivity contribution in [1.82, 2.24) is 93.9 Å². The standard InChI is InChI=1S/C25H28N6O3.C24H29N5O2.C20H25N5O3.C19H21N3O2S/c1-14(17-10-23(32)26-12-17)34-24-18-13-30(4)28-20(18)11-19(27-24)15-6-7-16-9-22(25(33)29(2)3)31(5)21(16)8-15;1-15(19-11-23(30)25-13-19)31-24-20-14-29(3)27-22(20)12-21(26-24)18-5-4-16-6-8-28(2)9-7-17(16)10-18;1-13(15-8-19(26)21-10-15)28-20-16-12-24(2)23-18(16)9-17(22-20)14-4-5-25(11-14)6-7-27-3;1-11-4-7-18(25-11)17-9-16-15(10-22(3)21-16)19(20-17)24-12(2)13-5-6-14(23)8-13/h6-9,11,13-14,17H,10,12H2,1-5H3,(H,26,32);4-5,10,12,14-15,19H,6-9,11,13H2,1-3H3,(H,25,30);4-5,9,11-13,15H,6-8,10H2,1-3H3,(H,21,26);4,7,9-10,12-13H,5-6,8H2,1-3H3/t14-,17-;15-,19-;13-,15-;12-,13+/m1111/s1. The molecule has 29 nitrogen and oxygen atoms in total. The number of likely N-dealkylation sites (N-methyl/N-ethyl adjacent to an activating group) is 1. The van der Waals surface area contributed by atoms with E-state index in [1.165, 1.54) is 16.0 Å². The number of pyridine rings is 4. The molecular formula is C88H103N19O10S. The van der Waals surface area contributed by atoms with E-state index in [1.54, 1.807) is 56.2 Å². The monoisotopic (exact) mass is 1620 g/mol. The first-order valence-corrected chi connectivity index (χ1v) is 41.2. The fraction of sp³-hybridized carbons (Fsp3) is 0.420. The quantitative estimate of drug-likeness (QED) is 0.0638. The molecule has 5 aliphatic rings. The van der Waals surface area contributed by atoms with E-state index in [-0.39, 0.29) is 71.7 Å². The highest BCUT2D eigenvalue weighted by atomic mass is 32.1. The van der Waals surface area contributed by atoms with Gasteiger partial charge in [0.2, 0.25) is 41.2 Å². The van der Waals surface area contributed by atoms with E-state index in [4.69, 9.17) is 43.6 Å². The molecular weight excluding hydrogens is 1520 g/mol. The summed E-state index contributed by atoms with van der Waals surface area (Å²) < 4.78 is 41.3. The van der Waals surface area contributed by atoms with Gasteiger partial charge in [-0.2, -0.15) is 20.4 Å². The van der Waals surface area contributed by atoms with E-state index in [0.29, 0.717) is 93.3 Å². The van der Waals surface area contributed by atoms with Gasteiger partial charge in [0.1, 0.15) is 35.9 Å². The molecule has 30 heteroatoms. The van der Waals surface area contributed by atoms with Crippen molar-refractivity contribution in [3.8, 4) is 67.9 Å². The fourth-order valence-corrected chi connectivity index (χ4v) is 16.8. The van der Waals surface area contributed by atoms with Gasteiger partial charge in [-0.1, -0.05) is 24.3 Å². The van der Waals surface area contributed by atoms with Gasteiger partial charge in [-0.25, -0.2) is 19.9 Å². The molecule has 0 radical (unpaired) electrons. The Balaban J connectivity index is 0.000000124. The maximum atomic E-state index is 12.6. The predicted molar refractivity (Wildman–Crippen MR) is 454 cm³/mol. The summed E-state index contributed by atoms with van der Waals surface area (Å²) in [6, 6.07) is 28.8. The molecule has 15 heterocycles. The Morgan fingerprint density at radius 2 is 0.958 bits per heavy atom. The SMILES string of the molecule is COCCn1ccc(-c2cc3nn(C)cc3c(O[C@H](C)[C@H]3CNC(=O)C3)n2)c1.C[C@@H](Oc1nc(-c2ccc3c(c2)CCN(C)CC3)cc2nn(C)cc12)[C@H]1CNC(=O)C1.C[C@@H](Oc1nc(-c2ccc3cc(C(=O)N(C)C)n(C)c3c2)cc2nn(C)cc12)[C@H]1CNC(=O)C1.Cc1ccc(-c2cc3nn(C)cc3c(O[C@H](C)[C@H]3CCC(=O)C3)n2)s1. The van der Waals surface area contributed by atoms with Crippen LogP contribution in [0.5, 0.6) is 23.5 Å². The number of rotatable bonds is 20. The summed E-state index contributed by atoms with van der Waals surface area (Å²) in [6.07, 6.45) is 17.0. The lowest BCUT2D eigenvalue weighted by Crippen LogP contribution is -2.26. The third kappa shape index (κ3) is 18.3. The summed E-state index contributed by atoms with van der Waals surface area (Å²) in [5, 5.41) is 31.4. The van der Waals surface area contributed by atoms with Crippen LogP contribution in [0.3, 0.4) is 0 Å². The lowest BCUT2D eigenvalue weighted by molar-refractivity contribution is -0.120. The average molecular weight is 1620 g/mol. The summed E-state index contributed by atoms with van der Waals surface area (Å²) in [6.45, 7) is 15.6.